The summed E-state index contributed by atoms with van der Waals surface area (Å²) in [6.07, 6.45) is 0.991. The van der Waals surface area contributed by atoms with Crippen molar-refractivity contribution < 1.29 is 4.74 Å². The van der Waals surface area contributed by atoms with E-state index in [2.05, 4.69) is 15.5 Å². The van der Waals surface area contributed by atoms with Crippen LogP contribution in [0.2, 0.25) is 0 Å². The first-order valence-electron chi connectivity index (χ1n) is 6.22. The van der Waals surface area contributed by atoms with Crippen molar-refractivity contribution in [3.63, 3.8) is 0 Å². The van der Waals surface area contributed by atoms with Crippen LogP contribution in [-0.2, 0) is 4.74 Å². The van der Waals surface area contributed by atoms with Crippen molar-refractivity contribution in [1.29, 1.82) is 0 Å². The number of ether oxygens (including phenoxy) is 1. The first kappa shape index (κ1) is 13.6. The molecule has 7 heteroatoms. The number of aromatic nitrogens is 3. The van der Waals surface area contributed by atoms with Crippen LogP contribution in [0.5, 0.6) is 0 Å². The zero-order valence-electron chi connectivity index (χ0n) is 11.0. The van der Waals surface area contributed by atoms with Crippen LogP contribution in [0.4, 0.5) is 0 Å². The van der Waals surface area contributed by atoms with Gasteiger partial charge in [-0.25, -0.2) is 9.89 Å². The van der Waals surface area contributed by atoms with Gasteiger partial charge >= 0.3 is 5.69 Å². The maximum Gasteiger partial charge on any atom is 0.344 e. The van der Waals surface area contributed by atoms with Gasteiger partial charge in [0.2, 0.25) is 0 Å². The van der Waals surface area contributed by atoms with E-state index in [4.69, 9.17) is 4.74 Å². The zero-order chi connectivity index (χ0) is 13.1. The number of hydrogen-bond donors (Lipinski definition) is 2. The minimum Gasteiger partial charge on any atom is -0.380 e. The second kappa shape index (κ2) is 5.90. The molecule has 2 N–H and O–H groups in total. The quantitative estimate of drug-likeness (QED) is 0.841. The lowest BCUT2D eigenvalue weighted by atomic mass is 10.1. The van der Waals surface area contributed by atoms with Gasteiger partial charge in [-0.05, 0) is 27.3 Å². The van der Waals surface area contributed by atoms with Gasteiger partial charge in [-0.3, -0.25) is 4.57 Å². The molecule has 0 spiro atoms. The van der Waals surface area contributed by atoms with Crippen molar-refractivity contribution in [2.24, 2.45) is 0 Å². The smallest absolute Gasteiger partial charge is 0.344 e. The predicted octanol–water partition coefficient (Wildman–Crippen LogP) is 0.621. The monoisotopic (exact) mass is 272 g/mol. The summed E-state index contributed by atoms with van der Waals surface area (Å²) in [6.45, 7) is 5.44. The molecule has 2 atom stereocenters. The lowest BCUT2D eigenvalue weighted by Gasteiger charge is -2.30. The molecule has 1 aromatic heterocycles. The molecule has 18 heavy (non-hydrogen) atoms. The minimum absolute atomic E-state index is 0.108. The number of nitrogens with one attached hydrogen (secondary N) is 2. The predicted molar refractivity (Wildman–Crippen MR) is 71.2 cm³/mol. The van der Waals surface area contributed by atoms with Gasteiger partial charge in [0.05, 0.1) is 11.9 Å². The third-order valence-corrected chi connectivity index (χ3v) is 4.39. The topological polar surface area (TPSA) is 71.9 Å². The Morgan fingerprint density at radius 2 is 2.39 bits per heavy atom. The molecule has 1 aliphatic heterocycles. The maximum absolute atomic E-state index is 11.7. The van der Waals surface area contributed by atoms with Gasteiger partial charge in [-0.2, -0.15) is 0 Å². The van der Waals surface area contributed by atoms with Crippen molar-refractivity contribution >= 4 is 11.8 Å². The van der Waals surface area contributed by atoms with Gasteiger partial charge in [0.25, 0.3) is 0 Å². The van der Waals surface area contributed by atoms with Crippen molar-refractivity contribution in [2.75, 3.05) is 20.3 Å². The van der Waals surface area contributed by atoms with E-state index in [0.29, 0.717) is 12.6 Å². The Kier molecular flexibility index (Phi) is 4.47. The summed E-state index contributed by atoms with van der Waals surface area (Å²) in [5.41, 5.74) is -0.148. The SMILES string of the molecule is CNC1CCOCC1Sc1n[nH]c(=O)n1C(C)C. The Morgan fingerprint density at radius 3 is 3.06 bits per heavy atom. The van der Waals surface area contributed by atoms with Crippen LogP contribution in [-0.4, -0.2) is 46.3 Å². The van der Waals surface area contributed by atoms with E-state index < -0.39 is 0 Å². The number of aromatic amines is 1. The average molecular weight is 272 g/mol. The molecule has 102 valence electrons. The molecule has 0 bridgehead atoms. The highest BCUT2D eigenvalue weighted by Gasteiger charge is 2.27. The van der Waals surface area contributed by atoms with Gasteiger partial charge in [0.1, 0.15) is 0 Å². The summed E-state index contributed by atoms with van der Waals surface area (Å²) in [6, 6.07) is 0.507. The Balaban J connectivity index is 2.15. The Hall–Kier alpha value is -0.790. The standard InChI is InChI=1S/C11H20N4O2S/c1-7(2)15-10(16)13-14-11(15)18-9-6-17-5-4-8(9)12-3/h7-9,12H,4-6H2,1-3H3,(H,13,16). The number of thioether (sulfide) groups is 1. The Labute approximate surface area is 110 Å². The molecule has 1 aliphatic rings. The summed E-state index contributed by atoms with van der Waals surface area (Å²) in [5.74, 6) is 0. The number of hydrogen-bond acceptors (Lipinski definition) is 5. The summed E-state index contributed by atoms with van der Waals surface area (Å²) in [7, 11) is 1.96. The molecule has 6 nitrogen and oxygen atoms in total. The van der Waals surface area contributed by atoms with Crippen LogP contribution in [0, 0.1) is 0 Å². The molecule has 0 saturated carbocycles. The van der Waals surface area contributed by atoms with Gasteiger partial charge in [-0.1, -0.05) is 11.8 Å². The molecular weight excluding hydrogens is 252 g/mol. The molecular formula is C11H20N4O2S. The van der Waals surface area contributed by atoms with E-state index in [-0.39, 0.29) is 17.0 Å². The molecule has 0 aromatic carbocycles. The van der Waals surface area contributed by atoms with E-state index in [0.717, 1.165) is 18.2 Å². The fraction of sp³-hybridized carbons (Fsp3) is 0.818. The molecule has 1 fully saturated rings. The van der Waals surface area contributed by atoms with E-state index in [9.17, 15) is 4.79 Å². The molecule has 2 unspecified atom stereocenters. The van der Waals surface area contributed by atoms with E-state index >= 15 is 0 Å². The maximum atomic E-state index is 11.7. The summed E-state index contributed by atoms with van der Waals surface area (Å²) < 4.78 is 7.19. The molecule has 2 heterocycles. The normalized spacial score (nSPS) is 24.7. The van der Waals surface area contributed by atoms with Gasteiger partial charge in [0, 0.05) is 18.7 Å². The third kappa shape index (κ3) is 2.78. The first-order valence-corrected chi connectivity index (χ1v) is 7.10. The van der Waals surface area contributed by atoms with Crippen LogP contribution >= 0.6 is 11.8 Å². The molecule has 2 rings (SSSR count). The van der Waals surface area contributed by atoms with Crippen LogP contribution in [0.1, 0.15) is 26.3 Å². The van der Waals surface area contributed by atoms with Crippen molar-refractivity contribution in [3.8, 4) is 0 Å². The average Bonchev–Trinajstić information content (AvgIpc) is 2.71. The lowest BCUT2D eigenvalue weighted by molar-refractivity contribution is 0.0849. The first-order chi connectivity index (χ1) is 8.63. The van der Waals surface area contributed by atoms with Crippen molar-refractivity contribution in [1.82, 2.24) is 20.1 Å². The van der Waals surface area contributed by atoms with E-state index in [1.807, 2.05) is 20.9 Å². The largest absolute Gasteiger partial charge is 0.380 e. The molecule has 1 saturated heterocycles. The Morgan fingerprint density at radius 1 is 1.61 bits per heavy atom. The highest BCUT2D eigenvalue weighted by Crippen LogP contribution is 2.27. The van der Waals surface area contributed by atoms with Crippen molar-refractivity contribution in [2.45, 2.75) is 42.8 Å². The fourth-order valence-corrected chi connectivity index (χ4v) is 3.50. The van der Waals surface area contributed by atoms with Gasteiger partial charge in [0.15, 0.2) is 5.16 Å². The van der Waals surface area contributed by atoms with E-state index in [1.54, 1.807) is 16.3 Å². The van der Waals surface area contributed by atoms with E-state index in [1.165, 1.54) is 0 Å². The Bertz CT molecular complexity index is 442. The van der Waals surface area contributed by atoms with Crippen LogP contribution in [0.3, 0.4) is 0 Å². The van der Waals surface area contributed by atoms with Gasteiger partial charge in [-0.15, -0.1) is 5.10 Å². The zero-order valence-corrected chi connectivity index (χ0v) is 11.8. The second-order valence-corrected chi connectivity index (χ2v) is 5.90. The summed E-state index contributed by atoms with van der Waals surface area (Å²) in [4.78, 5) is 11.7. The molecule has 0 aliphatic carbocycles. The molecule has 1 aromatic rings. The number of nitrogens with zero attached hydrogens (tertiary/aromatic N) is 2. The second-order valence-electron chi connectivity index (χ2n) is 4.69. The highest BCUT2D eigenvalue weighted by atomic mass is 32.2. The van der Waals surface area contributed by atoms with Crippen LogP contribution < -0.4 is 11.0 Å². The van der Waals surface area contributed by atoms with Gasteiger partial charge < -0.3 is 10.1 Å². The summed E-state index contributed by atoms with van der Waals surface area (Å²) in [5, 5.41) is 11.0. The fourth-order valence-electron chi connectivity index (χ4n) is 2.12. The third-order valence-electron chi connectivity index (χ3n) is 3.12. The number of H-pyrrole nitrogens is 1. The molecule has 0 radical (unpaired) electrons. The number of rotatable bonds is 4. The molecule has 0 amide bonds. The highest BCUT2D eigenvalue weighted by molar-refractivity contribution is 7.99. The summed E-state index contributed by atoms with van der Waals surface area (Å²) >= 11 is 1.61. The van der Waals surface area contributed by atoms with Crippen molar-refractivity contribution in [3.05, 3.63) is 10.5 Å². The minimum atomic E-state index is -0.148. The lowest BCUT2D eigenvalue weighted by Crippen LogP contribution is -2.43. The van der Waals surface area contributed by atoms with Crippen LogP contribution in [0.15, 0.2) is 9.95 Å². The van der Waals surface area contributed by atoms with Crippen LogP contribution in [0.25, 0.3) is 0 Å².